The Morgan fingerprint density at radius 1 is 1.24 bits per heavy atom. The van der Waals surface area contributed by atoms with E-state index in [2.05, 4.69) is 47.5 Å². The van der Waals surface area contributed by atoms with Crippen LogP contribution < -0.4 is 10.6 Å². The van der Waals surface area contributed by atoms with Gasteiger partial charge in [-0.2, -0.15) is 0 Å². The predicted molar refractivity (Wildman–Crippen MR) is 118 cm³/mol. The van der Waals surface area contributed by atoms with Crippen LogP contribution in [-0.2, 0) is 6.42 Å². The number of nitrogens with zero attached hydrogens (tertiary/aromatic N) is 3. The molecule has 0 spiro atoms. The van der Waals surface area contributed by atoms with E-state index < -0.39 is 0 Å². The minimum absolute atomic E-state index is 0. The molecule has 1 atom stereocenters. The fraction of sp³-hybridized carbons (Fsp3) is 0.611. The molecule has 2 N–H and O–H groups in total. The van der Waals surface area contributed by atoms with Crippen LogP contribution in [0, 0.1) is 0 Å². The van der Waals surface area contributed by atoms with Crippen molar-refractivity contribution in [1.82, 2.24) is 20.4 Å². The first-order valence-corrected chi connectivity index (χ1v) is 9.12. The van der Waals surface area contributed by atoms with E-state index in [-0.39, 0.29) is 24.0 Å². The van der Waals surface area contributed by atoms with E-state index in [1.54, 1.807) is 0 Å². The summed E-state index contributed by atoms with van der Waals surface area (Å²) in [5.41, 5.74) is 1.16. The molecule has 142 valence electrons. The molecule has 1 aromatic rings. The Kier molecular flexibility index (Phi) is 10.7. The molecule has 0 aliphatic carbocycles. The lowest BCUT2D eigenvalue weighted by Crippen LogP contribution is -2.51. The molecule has 0 saturated carbocycles. The van der Waals surface area contributed by atoms with Crippen molar-refractivity contribution in [3.8, 4) is 0 Å². The highest BCUT2D eigenvalue weighted by Crippen LogP contribution is 2.14. The van der Waals surface area contributed by atoms with Gasteiger partial charge in [0.25, 0.3) is 0 Å². The summed E-state index contributed by atoms with van der Waals surface area (Å²) in [6, 6.07) is 8.47. The summed E-state index contributed by atoms with van der Waals surface area (Å²) < 4.78 is 0. The van der Waals surface area contributed by atoms with Gasteiger partial charge in [0.1, 0.15) is 0 Å². The molecule has 0 amide bonds. The smallest absolute Gasteiger partial charge is 0.191 e. The third-order valence-electron chi connectivity index (χ3n) is 4.43. The van der Waals surface area contributed by atoms with E-state index in [0.717, 1.165) is 62.2 Å². The number of hydrogen-bond acceptors (Lipinski definition) is 3. The lowest BCUT2D eigenvalue weighted by Gasteiger charge is -2.36. The highest BCUT2D eigenvalue weighted by Gasteiger charge is 2.21. The molecule has 25 heavy (non-hydrogen) atoms. The van der Waals surface area contributed by atoms with Gasteiger partial charge in [-0.05, 0) is 39.1 Å². The second kappa shape index (κ2) is 11.9. The average molecular weight is 480 g/mol. The van der Waals surface area contributed by atoms with Crippen molar-refractivity contribution in [3.63, 3.8) is 0 Å². The second-order valence-electron chi connectivity index (χ2n) is 6.38. The lowest BCUT2D eigenvalue weighted by molar-refractivity contribution is 0.119. The maximum Gasteiger partial charge on any atom is 0.191 e. The minimum atomic E-state index is 0. The predicted octanol–water partition coefficient (Wildman–Crippen LogP) is 2.30. The summed E-state index contributed by atoms with van der Waals surface area (Å²) in [7, 11) is 4.36. The molecule has 0 bridgehead atoms. The monoisotopic (exact) mass is 479 g/mol. The van der Waals surface area contributed by atoms with Crippen molar-refractivity contribution in [2.75, 3.05) is 53.4 Å². The van der Waals surface area contributed by atoms with E-state index in [9.17, 15) is 0 Å². The molecule has 1 fully saturated rings. The third kappa shape index (κ3) is 7.68. The molecular weight excluding hydrogens is 449 g/mol. The van der Waals surface area contributed by atoms with Crippen LogP contribution in [0.15, 0.2) is 29.3 Å². The summed E-state index contributed by atoms with van der Waals surface area (Å²) in [5, 5.41) is 7.56. The van der Waals surface area contributed by atoms with E-state index in [1.165, 1.54) is 0 Å². The molecule has 1 aliphatic heterocycles. The van der Waals surface area contributed by atoms with Gasteiger partial charge < -0.3 is 15.5 Å². The van der Waals surface area contributed by atoms with Crippen LogP contribution >= 0.6 is 35.6 Å². The van der Waals surface area contributed by atoms with Gasteiger partial charge in [-0.3, -0.25) is 9.89 Å². The summed E-state index contributed by atoms with van der Waals surface area (Å²) in [6.07, 6.45) is 0.885. The minimum Gasteiger partial charge on any atom is -0.357 e. The van der Waals surface area contributed by atoms with Crippen molar-refractivity contribution < 1.29 is 0 Å². The van der Waals surface area contributed by atoms with Crippen LogP contribution in [0.5, 0.6) is 0 Å². The standard InChI is InChI=1S/C18H30ClN5.HI/c1-4-20-18(21-10-9-15-7-5-6-8-17(15)19)22-13-16-14-23(2)11-12-24(16)3;/h5-8,16H,4,9-14H2,1-3H3,(H2,20,21,22);1H. The zero-order valence-electron chi connectivity index (χ0n) is 15.5. The molecule has 0 radical (unpaired) electrons. The molecule has 1 heterocycles. The first-order valence-electron chi connectivity index (χ1n) is 8.74. The maximum absolute atomic E-state index is 6.21. The van der Waals surface area contributed by atoms with E-state index >= 15 is 0 Å². The number of nitrogens with one attached hydrogen (secondary N) is 2. The van der Waals surface area contributed by atoms with Gasteiger partial charge in [0.05, 0.1) is 6.54 Å². The fourth-order valence-corrected chi connectivity index (χ4v) is 3.08. The van der Waals surface area contributed by atoms with Crippen molar-refractivity contribution in [2.24, 2.45) is 4.99 Å². The Bertz CT molecular complexity index is 540. The highest BCUT2D eigenvalue weighted by molar-refractivity contribution is 14.0. The summed E-state index contributed by atoms with van der Waals surface area (Å²) in [6.45, 7) is 7.88. The van der Waals surface area contributed by atoms with Crippen molar-refractivity contribution in [2.45, 2.75) is 19.4 Å². The van der Waals surface area contributed by atoms with Crippen molar-refractivity contribution in [3.05, 3.63) is 34.9 Å². The Balaban J connectivity index is 0.00000312. The van der Waals surface area contributed by atoms with E-state index in [1.807, 2.05) is 18.2 Å². The first-order chi connectivity index (χ1) is 11.6. The van der Waals surface area contributed by atoms with E-state index in [0.29, 0.717) is 6.04 Å². The molecular formula is C18H31ClIN5. The molecule has 0 aromatic heterocycles. The van der Waals surface area contributed by atoms with Gasteiger partial charge in [-0.1, -0.05) is 29.8 Å². The Labute approximate surface area is 174 Å². The molecule has 1 aromatic carbocycles. The molecule has 1 aliphatic rings. The molecule has 1 unspecified atom stereocenters. The first kappa shape index (κ1) is 22.5. The largest absolute Gasteiger partial charge is 0.357 e. The van der Waals surface area contributed by atoms with Crippen LogP contribution in [0.1, 0.15) is 12.5 Å². The Morgan fingerprint density at radius 2 is 2.00 bits per heavy atom. The van der Waals surface area contributed by atoms with Crippen LogP contribution in [0.2, 0.25) is 5.02 Å². The number of likely N-dealkylation sites (N-methyl/N-ethyl adjacent to an activating group) is 2. The van der Waals surface area contributed by atoms with Crippen LogP contribution in [0.4, 0.5) is 0 Å². The van der Waals surface area contributed by atoms with Crippen molar-refractivity contribution in [1.29, 1.82) is 0 Å². The summed E-state index contributed by atoms with van der Waals surface area (Å²) in [4.78, 5) is 9.54. The van der Waals surface area contributed by atoms with Crippen LogP contribution in [-0.4, -0.2) is 75.2 Å². The zero-order valence-corrected chi connectivity index (χ0v) is 18.6. The number of guanidine groups is 1. The zero-order chi connectivity index (χ0) is 17.4. The molecule has 2 rings (SSSR count). The third-order valence-corrected chi connectivity index (χ3v) is 4.80. The Hall–Kier alpha value is -0.570. The van der Waals surface area contributed by atoms with Crippen LogP contribution in [0.25, 0.3) is 0 Å². The number of halogens is 2. The number of rotatable bonds is 6. The number of aliphatic imine (C=N–C) groups is 1. The van der Waals surface area contributed by atoms with Gasteiger partial charge in [0.15, 0.2) is 5.96 Å². The number of hydrogen-bond donors (Lipinski definition) is 2. The Morgan fingerprint density at radius 3 is 2.72 bits per heavy atom. The summed E-state index contributed by atoms with van der Waals surface area (Å²) in [5.74, 6) is 0.881. The van der Waals surface area contributed by atoms with Gasteiger partial charge >= 0.3 is 0 Å². The molecule has 7 heteroatoms. The van der Waals surface area contributed by atoms with E-state index in [4.69, 9.17) is 16.6 Å². The summed E-state index contributed by atoms with van der Waals surface area (Å²) >= 11 is 6.21. The quantitative estimate of drug-likeness (QED) is 0.373. The van der Waals surface area contributed by atoms with Crippen molar-refractivity contribution >= 4 is 41.5 Å². The van der Waals surface area contributed by atoms with Gasteiger partial charge in [-0.25, -0.2) is 0 Å². The number of benzene rings is 1. The maximum atomic E-state index is 6.21. The molecule has 1 saturated heterocycles. The molecule has 5 nitrogen and oxygen atoms in total. The van der Waals surface area contributed by atoms with Gasteiger partial charge in [0.2, 0.25) is 0 Å². The normalized spacial score (nSPS) is 19.4. The second-order valence-corrected chi connectivity index (χ2v) is 6.79. The fourth-order valence-electron chi connectivity index (χ4n) is 2.85. The highest BCUT2D eigenvalue weighted by atomic mass is 127. The van der Waals surface area contributed by atoms with Crippen LogP contribution in [0.3, 0.4) is 0 Å². The SMILES string of the molecule is CCNC(=NCC1CN(C)CCN1C)NCCc1ccccc1Cl.I. The lowest BCUT2D eigenvalue weighted by atomic mass is 10.1. The topological polar surface area (TPSA) is 42.9 Å². The number of piperazine rings is 1. The van der Waals surface area contributed by atoms with Gasteiger partial charge in [0, 0.05) is 43.8 Å². The average Bonchev–Trinajstić information content (AvgIpc) is 2.57. The van der Waals surface area contributed by atoms with Gasteiger partial charge in [-0.15, -0.1) is 24.0 Å².